The third kappa shape index (κ3) is 4.61. The standard InChI is InChI=1S/C21H16Cl4N2O7/c1-8(27-19(29)13-14(20(27)30)16(23)18(25)17(24)15(13)22)21(31)34-7-12(28)26-10-5-4-9(32-2)6-11(10)33-3/h4-6,8H,7H2,1-3H3,(H,26,28)/t8-/m1/s1. The Hall–Kier alpha value is -2.72. The zero-order valence-electron chi connectivity index (χ0n) is 17.8. The van der Waals surface area contributed by atoms with E-state index in [0.29, 0.717) is 22.1 Å². The second-order valence-corrected chi connectivity index (χ2v) is 8.40. The maximum absolute atomic E-state index is 12.8. The number of hydrogen-bond acceptors (Lipinski definition) is 7. The van der Waals surface area contributed by atoms with Gasteiger partial charge in [0.15, 0.2) is 6.61 Å². The number of carbonyl (C=O) groups is 4. The zero-order chi connectivity index (χ0) is 25.3. The lowest BCUT2D eigenvalue weighted by atomic mass is 10.1. The van der Waals surface area contributed by atoms with Gasteiger partial charge in [0.05, 0.1) is 51.1 Å². The van der Waals surface area contributed by atoms with E-state index in [4.69, 9.17) is 60.6 Å². The van der Waals surface area contributed by atoms with E-state index in [9.17, 15) is 19.2 Å². The number of rotatable bonds is 7. The first-order valence-corrected chi connectivity index (χ1v) is 11.0. The molecule has 0 aromatic heterocycles. The van der Waals surface area contributed by atoms with Gasteiger partial charge in [0, 0.05) is 6.07 Å². The van der Waals surface area contributed by atoms with Gasteiger partial charge in [-0.2, -0.15) is 0 Å². The molecule has 0 saturated heterocycles. The van der Waals surface area contributed by atoms with Crippen molar-refractivity contribution in [3.63, 3.8) is 0 Å². The number of esters is 1. The SMILES string of the molecule is COc1ccc(NC(=O)COC(=O)[C@@H](C)N2C(=O)c3c(Cl)c(Cl)c(Cl)c(Cl)c3C2=O)c(OC)c1. The van der Waals surface area contributed by atoms with Crippen molar-refractivity contribution < 1.29 is 33.4 Å². The molecule has 2 aromatic carbocycles. The van der Waals surface area contributed by atoms with Crippen molar-refractivity contribution in [1.29, 1.82) is 0 Å². The molecule has 2 aromatic rings. The highest BCUT2D eigenvalue weighted by molar-refractivity contribution is 6.55. The minimum absolute atomic E-state index is 0.198. The molecule has 13 heteroatoms. The van der Waals surface area contributed by atoms with Crippen molar-refractivity contribution in [3.8, 4) is 11.5 Å². The molecule has 1 aliphatic heterocycles. The molecule has 3 amide bonds. The topological polar surface area (TPSA) is 111 Å². The fraction of sp³-hybridized carbons (Fsp3) is 0.238. The van der Waals surface area contributed by atoms with Crippen LogP contribution in [0.5, 0.6) is 11.5 Å². The summed E-state index contributed by atoms with van der Waals surface area (Å²) in [5.41, 5.74) is -0.221. The van der Waals surface area contributed by atoms with Crippen molar-refractivity contribution >= 4 is 75.8 Å². The van der Waals surface area contributed by atoms with Gasteiger partial charge in [-0.1, -0.05) is 46.4 Å². The molecule has 0 fully saturated rings. The molecular weight excluding hydrogens is 534 g/mol. The van der Waals surface area contributed by atoms with E-state index in [1.165, 1.54) is 21.1 Å². The number of amides is 3. The third-order valence-electron chi connectivity index (χ3n) is 4.89. The van der Waals surface area contributed by atoms with Crippen LogP contribution in [0.3, 0.4) is 0 Å². The van der Waals surface area contributed by atoms with Gasteiger partial charge in [0.2, 0.25) is 0 Å². The van der Waals surface area contributed by atoms with Gasteiger partial charge in [-0.25, -0.2) is 4.79 Å². The van der Waals surface area contributed by atoms with E-state index in [1.54, 1.807) is 18.2 Å². The Labute approximate surface area is 213 Å². The van der Waals surface area contributed by atoms with E-state index < -0.39 is 36.3 Å². The largest absolute Gasteiger partial charge is 0.497 e. The molecule has 34 heavy (non-hydrogen) atoms. The minimum Gasteiger partial charge on any atom is -0.497 e. The van der Waals surface area contributed by atoms with Gasteiger partial charge in [-0.15, -0.1) is 0 Å². The second-order valence-electron chi connectivity index (χ2n) is 6.88. The minimum atomic E-state index is -1.40. The Balaban J connectivity index is 1.70. The first kappa shape index (κ1) is 25.9. The van der Waals surface area contributed by atoms with Crippen molar-refractivity contribution in [3.05, 3.63) is 49.4 Å². The fourth-order valence-corrected chi connectivity index (χ4v) is 4.18. The van der Waals surface area contributed by atoms with Gasteiger partial charge in [-0.3, -0.25) is 19.3 Å². The molecule has 0 spiro atoms. The smallest absolute Gasteiger partial charge is 0.329 e. The first-order valence-electron chi connectivity index (χ1n) is 9.45. The monoisotopic (exact) mass is 548 g/mol. The molecule has 0 radical (unpaired) electrons. The Kier molecular flexibility index (Phi) is 7.82. The number of ether oxygens (including phenoxy) is 3. The Morgan fingerprint density at radius 3 is 2.00 bits per heavy atom. The predicted octanol–water partition coefficient (Wildman–Crippen LogP) is 4.48. The molecule has 180 valence electrons. The van der Waals surface area contributed by atoms with Crippen LogP contribution in [0.2, 0.25) is 20.1 Å². The van der Waals surface area contributed by atoms with Crippen LogP contribution in [-0.4, -0.2) is 55.5 Å². The van der Waals surface area contributed by atoms with Crippen molar-refractivity contribution in [2.24, 2.45) is 0 Å². The predicted molar refractivity (Wildman–Crippen MR) is 126 cm³/mol. The second kappa shape index (κ2) is 10.3. The average molecular weight is 550 g/mol. The van der Waals surface area contributed by atoms with Crippen LogP contribution in [-0.2, 0) is 14.3 Å². The molecule has 9 nitrogen and oxygen atoms in total. The van der Waals surface area contributed by atoms with E-state index in [0.717, 1.165) is 0 Å². The van der Waals surface area contributed by atoms with Crippen LogP contribution in [0, 0.1) is 0 Å². The van der Waals surface area contributed by atoms with Gasteiger partial charge < -0.3 is 19.5 Å². The highest BCUT2D eigenvalue weighted by Gasteiger charge is 2.45. The van der Waals surface area contributed by atoms with Crippen molar-refractivity contribution in [2.75, 3.05) is 26.1 Å². The van der Waals surface area contributed by atoms with E-state index >= 15 is 0 Å². The van der Waals surface area contributed by atoms with Crippen LogP contribution in [0.15, 0.2) is 18.2 Å². The molecule has 1 atom stereocenters. The quantitative estimate of drug-likeness (QED) is 0.234. The molecule has 1 heterocycles. The number of fused-ring (bicyclic) bond motifs is 1. The molecule has 0 unspecified atom stereocenters. The third-order valence-corrected chi connectivity index (χ3v) is 6.69. The fourth-order valence-electron chi connectivity index (χ4n) is 3.17. The lowest BCUT2D eigenvalue weighted by molar-refractivity contribution is -0.150. The Morgan fingerprint density at radius 1 is 0.941 bits per heavy atom. The number of nitrogens with zero attached hydrogens (tertiary/aromatic N) is 1. The van der Waals surface area contributed by atoms with E-state index in [2.05, 4.69) is 5.32 Å². The molecule has 0 bridgehead atoms. The summed E-state index contributed by atoms with van der Waals surface area (Å²) < 4.78 is 15.3. The van der Waals surface area contributed by atoms with Gasteiger partial charge in [0.1, 0.15) is 17.5 Å². The van der Waals surface area contributed by atoms with E-state index in [1.807, 2.05) is 0 Å². The summed E-state index contributed by atoms with van der Waals surface area (Å²) in [5, 5.41) is 1.60. The average Bonchev–Trinajstić information content (AvgIpc) is 3.09. The summed E-state index contributed by atoms with van der Waals surface area (Å²) in [6.45, 7) is 0.556. The molecular formula is C21H16Cl4N2O7. The number of benzene rings is 2. The van der Waals surface area contributed by atoms with Gasteiger partial charge >= 0.3 is 5.97 Å². The summed E-state index contributed by atoms with van der Waals surface area (Å²) in [6, 6.07) is 3.30. The summed E-state index contributed by atoms with van der Waals surface area (Å²) >= 11 is 24.1. The van der Waals surface area contributed by atoms with Crippen LogP contribution >= 0.6 is 46.4 Å². The molecule has 3 rings (SSSR count). The normalized spacial score (nSPS) is 13.4. The number of carbonyl (C=O) groups excluding carboxylic acids is 4. The number of nitrogens with one attached hydrogen (secondary N) is 1. The van der Waals surface area contributed by atoms with Crippen LogP contribution in [0.25, 0.3) is 0 Å². The maximum Gasteiger partial charge on any atom is 0.329 e. The number of anilines is 1. The lowest BCUT2D eigenvalue weighted by Crippen LogP contribution is -2.44. The number of methoxy groups -OCH3 is 2. The van der Waals surface area contributed by atoms with Crippen LogP contribution in [0.4, 0.5) is 5.69 Å². The highest BCUT2D eigenvalue weighted by atomic mass is 35.5. The lowest BCUT2D eigenvalue weighted by Gasteiger charge is -2.21. The van der Waals surface area contributed by atoms with E-state index in [-0.39, 0.29) is 31.2 Å². The number of halogens is 4. The maximum atomic E-state index is 12.8. The summed E-state index contributed by atoms with van der Waals surface area (Å²) in [6.07, 6.45) is 0. The van der Waals surface area contributed by atoms with Crippen molar-refractivity contribution in [2.45, 2.75) is 13.0 Å². The summed E-state index contributed by atoms with van der Waals surface area (Å²) in [7, 11) is 2.89. The molecule has 0 aliphatic carbocycles. The van der Waals surface area contributed by atoms with Crippen molar-refractivity contribution in [1.82, 2.24) is 4.90 Å². The Morgan fingerprint density at radius 2 is 1.50 bits per heavy atom. The molecule has 1 aliphatic rings. The van der Waals surface area contributed by atoms with Crippen LogP contribution in [0.1, 0.15) is 27.6 Å². The van der Waals surface area contributed by atoms with Gasteiger partial charge in [0.25, 0.3) is 17.7 Å². The number of imide groups is 1. The van der Waals surface area contributed by atoms with Crippen LogP contribution < -0.4 is 14.8 Å². The first-order chi connectivity index (χ1) is 16.0. The molecule has 1 N–H and O–H groups in total. The number of hydrogen-bond donors (Lipinski definition) is 1. The van der Waals surface area contributed by atoms with Gasteiger partial charge in [-0.05, 0) is 19.1 Å². The summed E-state index contributed by atoms with van der Waals surface area (Å²) in [5.74, 6) is -2.67. The Bertz CT molecular complexity index is 1170. The molecule has 0 saturated carbocycles. The zero-order valence-corrected chi connectivity index (χ0v) is 20.9. The summed E-state index contributed by atoms with van der Waals surface area (Å²) in [4.78, 5) is 51.1. The highest BCUT2D eigenvalue weighted by Crippen LogP contribution is 2.45.